The lowest BCUT2D eigenvalue weighted by Gasteiger charge is -2.42. The first-order chi connectivity index (χ1) is 14.5. The van der Waals surface area contributed by atoms with Gasteiger partial charge in [-0.05, 0) is 38.7 Å². The van der Waals surface area contributed by atoms with Crippen molar-refractivity contribution >= 4 is 26.0 Å². The van der Waals surface area contributed by atoms with Gasteiger partial charge in [-0.3, -0.25) is 4.79 Å². The van der Waals surface area contributed by atoms with Crippen LogP contribution >= 0.6 is 0 Å². The van der Waals surface area contributed by atoms with Gasteiger partial charge >= 0.3 is 17.9 Å². The predicted octanol–water partition coefficient (Wildman–Crippen LogP) is 4.42. The zero-order valence-corrected chi connectivity index (χ0v) is 20.3. The van der Waals surface area contributed by atoms with Crippen molar-refractivity contribution in [3.05, 3.63) is 24.8 Å². The molecule has 4 rings (SSSR count). The van der Waals surface area contributed by atoms with Gasteiger partial charge < -0.3 is 14.2 Å². The average Bonchev–Trinajstić information content (AvgIpc) is 3.32. The molecule has 2 bridgehead atoms. The van der Waals surface area contributed by atoms with Crippen molar-refractivity contribution < 1.29 is 28.6 Å². The van der Waals surface area contributed by atoms with Gasteiger partial charge in [-0.15, -0.1) is 0 Å². The van der Waals surface area contributed by atoms with Crippen LogP contribution in [0.2, 0.25) is 25.2 Å². The van der Waals surface area contributed by atoms with E-state index in [1.54, 1.807) is 6.92 Å². The molecule has 0 aromatic rings. The standard InChI is InChI=1S/C12H14O4.C12H22O2Si/c1-5(2)11(13)15-9-6-3-7-8(4-6)12(14)16-10(7)9;1-5-11(13)14-12(6-2)8-7-9-15(3,4)10-12/h6-10H,1,3-4H2,2H3;5H,1,6-10H2,2-4H3. The van der Waals surface area contributed by atoms with E-state index in [0.717, 1.165) is 31.7 Å². The van der Waals surface area contributed by atoms with Gasteiger partial charge in [0.05, 0.1) is 14.0 Å². The molecule has 2 aliphatic heterocycles. The van der Waals surface area contributed by atoms with E-state index in [9.17, 15) is 14.4 Å². The summed E-state index contributed by atoms with van der Waals surface area (Å²) < 4.78 is 16.2. The number of esters is 3. The van der Waals surface area contributed by atoms with Gasteiger partial charge in [0.25, 0.3) is 0 Å². The van der Waals surface area contributed by atoms with Crippen molar-refractivity contribution in [2.75, 3.05) is 0 Å². The molecule has 0 amide bonds. The summed E-state index contributed by atoms with van der Waals surface area (Å²) in [7, 11) is -1.14. The number of hydrogen-bond acceptors (Lipinski definition) is 6. The fourth-order valence-corrected chi connectivity index (χ4v) is 9.50. The zero-order chi connectivity index (χ0) is 23.0. The number of fused-ring (bicyclic) bond motifs is 1. The van der Waals surface area contributed by atoms with Crippen LogP contribution < -0.4 is 0 Å². The molecule has 6 atom stereocenters. The van der Waals surface area contributed by atoms with Crippen LogP contribution in [0.15, 0.2) is 24.8 Å². The van der Waals surface area contributed by atoms with E-state index in [1.165, 1.54) is 18.5 Å². The summed E-state index contributed by atoms with van der Waals surface area (Å²) in [5, 5.41) is 0. The van der Waals surface area contributed by atoms with Gasteiger partial charge in [-0.25, -0.2) is 9.59 Å². The molecule has 0 aromatic heterocycles. The Kier molecular flexibility index (Phi) is 6.84. The molecule has 6 unspecified atom stereocenters. The first kappa shape index (κ1) is 23.8. The summed E-state index contributed by atoms with van der Waals surface area (Å²) in [4.78, 5) is 34.3. The fraction of sp³-hybridized carbons (Fsp3) is 0.708. The summed E-state index contributed by atoms with van der Waals surface area (Å²) in [6.07, 6.45) is 5.78. The Bertz CT molecular complexity index is 774. The summed E-state index contributed by atoms with van der Waals surface area (Å²) in [6.45, 7) is 15.5. The van der Waals surface area contributed by atoms with Crippen LogP contribution in [0.25, 0.3) is 0 Å². The fourth-order valence-electron chi connectivity index (χ4n) is 5.94. The molecule has 0 radical (unpaired) electrons. The normalized spacial score (nSPS) is 36.6. The van der Waals surface area contributed by atoms with E-state index in [1.807, 2.05) is 0 Å². The smallest absolute Gasteiger partial charge is 0.333 e. The van der Waals surface area contributed by atoms with Crippen LogP contribution in [0.1, 0.15) is 46.0 Å². The zero-order valence-electron chi connectivity index (χ0n) is 19.3. The number of rotatable bonds is 5. The van der Waals surface area contributed by atoms with E-state index in [0.29, 0.717) is 11.5 Å². The highest BCUT2D eigenvalue weighted by molar-refractivity contribution is 6.77. The van der Waals surface area contributed by atoms with E-state index in [4.69, 9.17) is 14.2 Å². The van der Waals surface area contributed by atoms with Crippen LogP contribution in [0, 0.1) is 17.8 Å². The molecule has 2 saturated heterocycles. The number of hydrogen-bond donors (Lipinski definition) is 0. The second-order valence-electron chi connectivity index (χ2n) is 10.4. The van der Waals surface area contributed by atoms with Crippen molar-refractivity contribution in [1.29, 1.82) is 0 Å². The molecule has 4 fully saturated rings. The van der Waals surface area contributed by atoms with Crippen molar-refractivity contribution in [1.82, 2.24) is 0 Å². The van der Waals surface area contributed by atoms with Gasteiger partial charge in [-0.1, -0.05) is 45.6 Å². The van der Waals surface area contributed by atoms with Gasteiger partial charge in [0.15, 0.2) is 0 Å². The first-order valence-corrected chi connectivity index (χ1v) is 14.8. The third kappa shape index (κ3) is 4.97. The van der Waals surface area contributed by atoms with E-state index in [-0.39, 0.29) is 47.6 Å². The second kappa shape index (κ2) is 8.92. The molecule has 2 saturated carbocycles. The lowest BCUT2D eigenvalue weighted by molar-refractivity contribution is -0.158. The van der Waals surface area contributed by atoms with Gasteiger partial charge in [-0.2, -0.15) is 0 Å². The molecule has 2 heterocycles. The average molecular weight is 449 g/mol. The predicted molar refractivity (Wildman–Crippen MR) is 120 cm³/mol. The second-order valence-corrected chi connectivity index (χ2v) is 15.6. The topological polar surface area (TPSA) is 78.9 Å². The van der Waals surface area contributed by atoms with E-state index < -0.39 is 8.07 Å². The first-order valence-electron chi connectivity index (χ1n) is 11.4. The molecular weight excluding hydrogens is 412 g/mol. The minimum absolute atomic E-state index is 0.0646. The number of ether oxygens (including phenoxy) is 3. The Balaban J connectivity index is 0.000000176. The quantitative estimate of drug-likeness (QED) is 0.268. The van der Waals surface area contributed by atoms with Crippen LogP contribution in [0.5, 0.6) is 0 Å². The van der Waals surface area contributed by atoms with Crippen molar-refractivity contribution in [2.45, 2.75) is 88.9 Å². The molecule has 0 N–H and O–H groups in total. The third-order valence-corrected chi connectivity index (χ3v) is 10.7. The van der Waals surface area contributed by atoms with Crippen molar-refractivity contribution in [3.63, 3.8) is 0 Å². The van der Waals surface area contributed by atoms with Gasteiger partial charge in [0.2, 0.25) is 0 Å². The monoisotopic (exact) mass is 448 g/mol. The summed E-state index contributed by atoms with van der Waals surface area (Å²) in [6, 6.07) is 2.47. The maximum Gasteiger partial charge on any atom is 0.333 e. The Labute approximate surface area is 186 Å². The highest BCUT2D eigenvalue weighted by Crippen LogP contribution is 2.55. The summed E-state index contributed by atoms with van der Waals surface area (Å²) in [5.74, 6) is -0.100. The van der Waals surface area contributed by atoms with Gasteiger partial charge in [0, 0.05) is 23.5 Å². The van der Waals surface area contributed by atoms with Crippen LogP contribution in [-0.2, 0) is 28.6 Å². The molecule has 172 valence electrons. The Morgan fingerprint density at radius 3 is 2.61 bits per heavy atom. The maximum absolute atomic E-state index is 11.5. The molecular formula is C24H36O6Si. The highest BCUT2D eigenvalue weighted by atomic mass is 28.3. The molecule has 31 heavy (non-hydrogen) atoms. The Morgan fingerprint density at radius 1 is 1.32 bits per heavy atom. The van der Waals surface area contributed by atoms with E-state index >= 15 is 0 Å². The lowest BCUT2D eigenvalue weighted by Crippen LogP contribution is -2.46. The molecule has 4 aliphatic rings. The largest absolute Gasteiger partial charge is 0.458 e. The number of carbonyl (C=O) groups excluding carboxylic acids is 3. The van der Waals surface area contributed by atoms with Crippen molar-refractivity contribution in [2.24, 2.45) is 17.8 Å². The Morgan fingerprint density at radius 2 is 2.03 bits per heavy atom. The Hall–Kier alpha value is -1.89. The van der Waals surface area contributed by atoms with E-state index in [2.05, 4.69) is 33.2 Å². The lowest BCUT2D eigenvalue weighted by atomic mass is 9.88. The van der Waals surface area contributed by atoms with Gasteiger partial charge in [0.1, 0.15) is 17.8 Å². The molecule has 0 spiro atoms. The minimum atomic E-state index is -1.14. The molecule has 6 nitrogen and oxygen atoms in total. The minimum Gasteiger partial charge on any atom is -0.458 e. The van der Waals surface area contributed by atoms with Crippen molar-refractivity contribution in [3.8, 4) is 0 Å². The number of carbonyl (C=O) groups is 3. The molecule has 2 aliphatic carbocycles. The highest BCUT2D eigenvalue weighted by Gasteiger charge is 2.63. The van der Waals surface area contributed by atoms with Crippen LogP contribution in [0.3, 0.4) is 0 Å². The molecule has 0 aromatic carbocycles. The van der Waals surface area contributed by atoms with Crippen LogP contribution in [0.4, 0.5) is 0 Å². The summed E-state index contributed by atoms with van der Waals surface area (Å²) in [5.41, 5.74) is 0.211. The van der Waals surface area contributed by atoms with Crippen LogP contribution in [-0.4, -0.2) is 43.8 Å². The molecule has 7 heteroatoms. The SMILES string of the molecule is C=C(C)C(=O)OC1C2CC3C(=O)OC1C3C2.C=CC(=O)OC1(CC)CCC[Si](C)(C)C1. The summed E-state index contributed by atoms with van der Waals surface area (Å²) >= 11 is 0. The maximum atomic E-state index is 11.5. The third-order valence-electron chi connectivity index (χ3n) is 7.42.